The Bertz CT molecular complexity index is 1130. The van der Waals surface area contributed by atoms with Crippen molar-refractivity contribution >= 4 is 11.1 Å². The van der Waals surface area contributed by atoms with Crippen molar-refractivity contribution < 1.29 is 18.4 Å². The maximum Gasteiger partial charge on any atom is 0.420 e. The van der Waals surface area contributed by atoms with E-state index >= 15 is 0 Å². The quantitative estimate of drug-likeness (QED) is 0.544. The predicted molar refractivity (Wildman–Crippen MR) is 92.4 cm³/mol. The molecule has 0 saturated carbocycles. The van der Waals surface area contributed by atoms with Crippen LogP contribution in [0, 0.1) is 0 Å². The van der Waals surface area contributed by atoms with Crippen LogP contribution in [0.5, 0.6) is 11.5 Å². The van der Waals surface area contributed by atoms with E-state index in [2.05, 4.69) is 10.1 Å². The van der Waals surface area contributed by atoms with E-state index in [1.807, 2.05) is 6.07 Å². The molecule has 0 fully saturated rings. The second kappa shape index (κ2) is 6.40. The molecule has 0 bridgehead atoms. The van der Waals surface area contributed by atoms with Gasteiger partial charge in [-0.15, -0.1) is 0 Å². The number of fused-ring (bicyclic) bond motifs is 1. The van der Waals surface area contributed by atoms with Crippen molar-refractivity contribution in [3.8, 4) is 23.0 Å². The summed E-state index contributed by atoms with van der Waals surface area (Å²) in [6, 6.07) is 12.4. The highest BCUT2D eigenvalue weighted by Gasteiger charge is 2.17. The lowest BCUT2D eigenvalue weighted by molar-refractivity contribution is 0.389. The SMILES string of the molecule is COc1ccc(-c2nc(Cn3c(=O)oc4ccccc43)no2)c(OC)c1. The summed E-state index contributed by atoms with van der Waals surface area (Å²) in [6.07, 6.45) is 0. The van der Waals surface area contributed by atoms with Gasteiger partial charge in [-0.2, -0.15) is 4.98 Å². The molecule has 0 saturated heterocycles. The van der Waals surface area contributed by atoms with Crippen LogP contribution in [0.4, 0.5) is 0 Å². The van der Waals surface area contributed by atoms with Crippen molar-refractivity contribution in [3.63, 3.8) is 0 Å². The molecule has 4 rings (SSSR count). The maximum absolute atomic E-state index is 12.1. The van der Waals surface area contributed by atoms with Gasteiger partial charge in [-0.3, -0.25) is 4.57 Å². The Morgan fingerprint density at radius 1 is 1.12 bits per heavy atom. The fraction of sp³-hybridized carbons (Fsp3) is 0.167. The fourth-order valence-corrected chi connectivity index (χ4v) is 2.71. The second-order valence-corrected chi connectivity index (χ2v) is 5.50. The van der Waals surface area contributed by atoms with Crippen LogP contribution in [0.3, 0.4) is 0 Å². The Morgan fingerprint density at radius 2 is 1.96 bits per heavy atom. The molecule has 132 valence electrons. The zero-order valence-corrected chi connectivity index (χ0v) is 14.1. The van der Waals surface area contributed by atoms with Gasteiger partial charge in [-0.05, 0) is 24.3 Å². The number of benzene rings is 2. The first-order chi connectivity index (χ1) is 12.7. The second-order valence-electron chi connectivity index (χ2n) is 5.50. The van der Waals surface area contributed by atoms with E-state index < -0.39 is 5.76 Å². The van der Waals surface area contributed by atoms with Crippen molar-refractivity contribution in [1.82, 2.24) is 14.7 Å². The van der Waals surface area contributed by atoms with Gasteiger partial charge in [0.2, 0.25) is 0 Å². The summed E-state index contributed by atoms with van der Waals surface area (Å²) < 4.78 is 22.5. The van der Waals surface area contributed by atoms with Crippen LogP contribution >= 0.6 is 0 Å². The molecular formula is C18H15N3O5. The van der Waals surface area contributed by atoms with Crippen molar-refractivity contribution in [3.05, 3.63) is 58.8 Å². The Kier molecular flexibility index (Phi) is 3.92. The third kappa shape index (κ3) is 2.71. The summed E-state index contributed by atoms with van der Waals surface area (Å²) in [5, 5.41) is 3.96. The number of rotatable bonds is 5. The van der Waals surface area contributed by atoms with Crippen molar-refractivity contribution in [2.45, 2.75) is 6.54 Å². The van der Waals surface area contributed by atoms with Crippen molar-refractivity contribution in [1.29, 1.82) is 0 Å². The Morgan fingerprint density at radius 3 is 2.77 bits per heavy atom. The number of para-hydroxylation sites is 2. The van der Waals surface area contributed by atoms with Crippen LogP contribution in [-0.2, 0) is 6.54 Å². The maximum atomic E-state index is 12.1. The number of methoxy groups -OCH3 is 2. The largest absolute Gasteiger partial charge is 0.497 e. The first kappa shape index (κ1) is 15.9. The minimum Gasteiger partial charge on any atom is -0.497 e. The summed E-state index contributed by atoms with van der Waals surface area (Å²) in [7, 11) is 3.12. The molecular weight excluding hydrogens is 338 g/mol. The van der Waals surface area contributed by atoms with Gasteiger partial charge in [-0.25, -0.2) is 4.79 Å². The van der Waals surface area contributed by atoms with Crippen LogP contribution in [0.2, 0.25) is 0 Å². The molecule has 0 aliphatic carbocycles. The van der Waals surface area contributed by atoms with Gasteiger partial charge in [0.15, 0.2) is 11.4 Å². The van der Waals surface area contributed by atoms with Crippen LogP contribution in [0.1, 0.15) is 5.82 Å². The molecule has 2 heterocycles. The van der Waals surface area contributed by atoms with E-state index in [1.54, 1.807) is 50.6 Å². The van der Waals surface area contributed by atoms with Gasteiger partial charge in [-0.1, -0.05) is 17.3 Å². The van der Waals surface area contributed by atoms with E-state index in [4.69, 9.17) is 18.4 Å². The lowest BCUT2D eigenvalue weighted by atomic mass is 10.2. The molecule has 0 aliphatic rings. The number of aromatic nitrogens is 3. The smallest absolute Gasteiger partial charge is 0.420 e. The Balaban J connectivity index is 1.69. The van der Waals surface area contributed by atoms with E-state index in [1.165, 1.54) is 4.57 Å². The van der Waals surface area contributed by atoms with Crippen LogP contribution in [-0.4, -0.2) is 28.9 Å². The minimum absolute atomic E-state index is 0.137. The summed E-state index contributed by atoms with van der Waals surface area (Å²) in [5.74, 6) is 1.37. The number of nitrogens with zero attached hydrogens (tertiary/aromatic N) is 3. The molecule has 0 spiro atoms. The zero-order chi connectivity index (χ0) is 18.1. The highest BCUT2D eigenvalue weighted by molar-refractivity contribution is 5.72. The van der Waals surface area contributed by atoms with Crippen LogP contribution < -0.4 is 15.2 Å². The molecule has 0 unspecified atom stereocenters. The molecule has 8 heteroatoms. The first-order valence-electron chi connectivity index (χ1n) is 7.83. The lowest BCUT2D eigenvalue weighted by Gasteiger charge is -2.06. The van der Waals surface area contributed by atoms with E-state index in [9.17, 15) is 4.79 Å². The van der Waals surface area contributed by atoms with Gasteiger partial charge >= 0.3 is 5.76 Å². The van der Waals surface area contributed by atoms with Crippen LogP contribution in [0.15, 0.2) is 56.2 Å². The number of hydrogen-bond donors (Lipinski definition) is 0. The first-order valence-corrected chi connectivity index (χ1v) is 7.83. The molecule has 0 atom stereocenters. The lowest BCUT2D eigenvalue weighted by Crippen LogP contribution is -2.15. The van der Waals surface area contributed by atoms with E-state index in [0.717, 1.165) is 0 Å². The fourth-order valence-electron chi connectivity index (χ4n) is 2.71. The molecule has 2 aromatic carbocycles. The average Bonchev–Trinajstić information content (AvgIpc) is 3.26. The van der Waals surface area contributed by atoms with Crippen LogP contribution in [0.25, 0.3) is 22.6 Å². The normalized spacial score (nSPS) is 11.0. The van der Waals surface area contributed by atoms with Crippen molar-refractivity contribution in [2.75, 3.05) is 14.2 Å². The molecule has 0 aliphatic heterocycles. The zero-order valence-electron chi connectivity index (χ0n) is 14.1. The molecule has 4 aromatic rings. The van der Waals surface area contributed by atoms with Crippen molar-refractivity contribution in [2.24, 2.45) is 0 Å². The number of ether oxygens (including phenoxy) is 2. The highest BCUT2D eigenvalue weighted by Crippen LogP contribution is 2.32. The Hall–Kier alpha value is -3.55. The summed E-state index contributed by atoms with van der Waals surface area (Å²) in [5.41, 5.74) is 1.82. The number of hydrogen-bond acceptors (Lipinski definition) is 7. The molecule has 2 aromatic heterocycles. The number of oxazole rings is 1. The minimum atomic E-state index is -0.473. The topological polar surface area (TPSA) is 92.5 Å². The monoisotopic (exact) mass is 353 g/mol. The van der Waals surface area contributed by atoms with E-state index in [0.29, 0.717) is 39.9 Å². The summed E-state index contributed by atoms with van der Waals surface area (Å²) in [4.78, 5) is 16.4. The standard InChI is InChI=1S/C18H15N3O5/c1-23-11-7-8-12(15(9-11)24-2)17-19-16(20-26-17)10-21-13-5-3-4-6-14(13)25-18(21)22/h3-9H,10H2,1-2H3. The Labute approximate surface area is 147 Å². The van der Waals surface area contributed by atoms with Gasteiger partial charge in [0, 0.05) is 6.07 Å². The van der Waals surface area contributed by atoms with Gasteiger partial charge in [0.25, 0.3) is 5.89 Å². The molecule has 26 heavy (non-hydrogen) atoms. The summed E-state index contributed by atoms with van der Waals surface area (Å²) in [6.45, 7) is 0.137. The molecule has 0 N–H and O–H groups in total. The third-order valence-corrected chi connectivity index (χ3v) is 3.98. The summed E-state index contributed by atoms with van der Waals surface area (Å²) >= 11 is 0. The molecule has 0 radical (unpaired) electrons. The van der Waals surface area contributed by atoms with Gasteiger partial charge in [0.05, 0.1) is 31.8 Å². The van der Waals surface area contributed by atoms with Gasteiger partial charge in [0.1, 0.15) is 11.5 Å². The van der Waals surface area contributed by atoms with Gasteiger partial charge < -0.3 is 18.4 Å². The molecule has 0 amide bonds. The molecule has 8 nitrogen and oxygen atoms in total. The highest BCUT2D eigenvalue weighted by atomic mass is 16.5. The predicted octanol–water partition coefficient (Wildman–Crippen LogP) is 2.71. The van der Waals surface area contributed by atoms with E-state index in [-0.39, 0.29) is 6.54 Å². The third-order valence-electron chi connectivity index (χ3n) is 3.98. The average molecular weight is 353 g/mol.